The maximum atomic E-state index is 13.7. The summed E-state index contributed by atoms with van der Waals surface area (Å²) in [5.41, 5.74) is 0.539. The van der Waals surface area contributed by atoms with E-state index in [1.807, 2.05) is 0 Å². The van der Waals surface area contributed by atoms with Crippen molar-refractivity contribution in [2.75, 3.05) is 19.0 Å². The summed E-state index contributed by atoms with van der Waals surface area (Å²) in [7, 11) is 1.43. The molecule has 0 radical (unpaired) electrons. The smallest absolute Gasteiger partial charge is 0.167 e. The van der Waals surface area contributed by atoms with E-state index in [1.165, 1.54) is 19.5 Å². The zero-order valence-corrected chi connectivity index (χ0v) is 11.8. The summed E-state index contributed by atoms with van der Waals surface area (Å²) >= 11 is 0. The van der Waals surface area contributed by atoms with Gasteiger partial charge < -0.3 is 15.2 Å². The molecule has 1 aliphatic carbocycles. The molecule has 0 saturated heterocycles. The van der Waals surface area contributed by atoms with Crippen molar-refractivity contribution in [3.63, 3.8) is 0 Å². The van der Waals surface area contributed by atoms with Gasteiger partial charge in [-0.15, -0.1) is 0 Å². The molecule has 0 bridgehead atoms. The van der Waals surface area contributed by atoms with Crippen LogP contribution >= 0.6 is 0 Å². The van der Waals surface area contributed by atoms with Crippen LogP contribution in [0.5, 0.6) is 5.75 Å². The van der Waals surface area contributed by atoms with Gasteiger partial charge in [-0.05, 0) is 31.2 Å². The van der Waals surface area contributed by atoms with E-state index in [4.69, 9.17) is 4.74 Å². The summed E-state index contributed by atoms with van der Waals surface area (Å²) in [6, 6.07) is 2.96. The highest BCUT2D eigenvalue weighted by Crippen LogP contribution is 2.29. The maximum absolute atomic E-state index is 13.7. The summed E-state index contributed by atoms with van der Waals surface area (Å²) in [4.78, 5) is 8.31. The summed E-state index contributed by atoms with van der Waals surface area (Å²) < 4.78 is 18.7. The minimum absolute atomic E-state index is 0.177. The Morgan fingerprint density at radius 2 is 2.24 bits per heavy atom. The predicted molar refractivity (Wildman–Crippen MR) is 77.9 cm³/mol. The van der Waals surface area contributed by atoms with E-state index in [0.29, 0.717) is 17.3 Å². The van der Waals surface area contributed by atoms with Crippen molar-refractivity contribution < 1.29 is 14.2 Å². The van der Waals surface area contributed by atoms with Gasteiger partial charge in [0.05, 0.1) is 18.7 Å². The summed E-state index contributed by atoms with van der Waals surface area (Å²) in [5, 5.41) is 13.6. The molecule has 6 heteroatoms. The molecule has 2 unspecified atom stereocenters. The number of nitrogens with zero attached hydrogens (tertiary/aromatic N) is 2. The number of methoxy groups -OCH3 is 1. The maximum Gasteiger partial charge on any atom is 0.167 e. The fourth-order valence-electron chi connectivity index (χ4n) is 2.83. The molecule has 5 nitrogen and oxygen atoms in total. The summed E-state index contributed by atoms with van der Waals surface area (Å²) in [6.45, 7) is 0.739. The number of aliphatic hydroxyl groups excluding tert-OH is 1. The third-order valence-corrected chi connectivity index (χ3v) is 3.98. The van der Waals surface area contributed by atoms with Gasteiger partial charge in [0.15, 0.2) is 11.6 Å². The van der Waals surface area contributed by atoms with Crippen LogP contribution in [0.3, 0.4) is 0 Å². The number of rotatable bonds is 4. The van der Waals surface area contributed by atoms with Gasteiger partial charge in [-0.1, -0.05) is 0 Å². The third kappa shape index (κ3) is 2.90. The molecule has 1 aliphatic rings. The molecule has 2 N–H and O–H groups in total. The van der Waals surface area contributed by atoms with Gasteiger partial charge in [0.1, 0.15) is 12.1 Å². The first-order chi connectivity index (χ1) is 10.2. The Labute approximate surface area is 122 Å². The SMILES string of the molecule is COc1cc2c(NCC3CCC(O)C3)ncnc2cc1F. The molecule has 1 heterocycles. The number of hydrogen-bond acceptors (Lipinski definition) is 5. The van der Waals surface area contributed by atoms with Gasteiger partial charge in [-0.25, -0.2) is 14.4 Å². The van der Waals surface area contributed by atoms with Crippen LogP contribution in [0.25, 0.3) is 10.9 Å². The number of aromatic nitrogens is 2. The van der Waals surface area contributed by atoms with Crippen molar-refractivity contribution >= 4 is 16.7 Å². The van der Waals surface area contributed by atoms with Crippen LogP contribution in [0.4, 0.5) is 10.2 Å². The quantitative estimate of drug-likeness (QED) is 0.905. The van der Waals surface area contributed by atoms with Crippen LogP contribution in [0.1, 0.15) is 19.3 Å². The first-order valence-electron chi connectivity index (χ1n) is 7.07. The second-order valence-electron chi connectivity index (χ2n) is 5.44. The fraction of sp³-hybridized carbons (Fsp3) is 0.467. The summed E-state index contributed by atoms with van der Waals surface area (Å²) in [5.74, 6) is 0.845. The van der Waals surface area contributed by atoms with Gasteiger partial charge in [0, 0.05) is 18.0 Å². The third-order valence-electron chi connectivity index (χ3n) is 3.98. The highest BCUT2D eigenvalue weighted by molar-refractivity contribution is 5.90. The van der Waals surface area contributed by atoms with Crippen molar-refractivity contribution in [3.05, 3.63) is 24.3 Å². The number of ether oxygens (including phenoxy) is 1. The average Bonchev–Trinajstić information content (AvgIpc) is 2.90. The van der Waals surface area contributed by atoms with Gasteiger partial charge in [0.2, 0.25) is 0 Å². The van der Waals surface area contributed by atoms with Crippen LogP contribution in [-0.4, -0.2) is 34.8 Å². The number of hydrogen-bond donors (Lipinski definition) is 2. The molecule has 3 rings (SSSR count). The van der Waals surface area contributed by atoms with Crippen molar-refractivity contribution in [2.24, 2.45) is 5.92 Å². The van der Waals surface area contributed by atoms with Crippen LogP contribution in [0.2, 0.25) is 0 Å². The highest BCUT2D eigenvalue weighted by atomic mass is 19.1. The Morgan fingerprint density at radius 1 is 1.38 bits per heavy atom. The van der Waals surface area contributed by atoms with E-state index < -0.39 is 5.82 Å². The predicted octanol–water partition coefficient (Wildman–Crippen LogP) is 2.35. The normalized spacial score (nSPS) is 21.7. The number of halogens is 1. The Hall–Kier alpha value is -1.95. The molecule has 1 aromatic carbocycles. The van der Waals surface area contributed by atoms with Gasteiger partial charge in [-0.2, -0.15) is 0 Å². The van der Waals surface area contributed by atoms with Gasteiger partial charge >= 0.3 is 0 Å². The Balaban J connectivity index is 1.84. The first-order valence-corrected chi connectivity index (χ1v) is 7.07. The van der Waals surface area contributed by atoms with Gasteiger partial charge in [0.25, 0.3) is 0 Å². The van der Waals surface area contributed by atoms with Crippen molar-refractivity contribution in [3.8, 4) is 5.75 Å². The van der Waals surface area contributed by atoms with E-state index in [9.17, 15) is 9.50 Å². The Morgan fingerprint density at radius 3 is 2.95 bits per heavy atom. The first kappa shape index (κ1) is 14.0. The monoisotopic (exact) mass is 291 g/mol. The topological polar surface area (TPSA) is 67.3 Å². The molecule has 112 valence electrons. The molecule has 21 heavy (non-hydrogen) atoms. The minimum Gasteiger partial charge on any atom is -0.494 e. The standard InChI is InChI=1S/C15H18FN3O2/c1-21-14-5-11-13(6-12(14)16)18-8-19-15(11)17-7-9-2-3-10(20)4-9/h5-6,8-10,20H,2-4,7H2,1H3,(H,17,18,19). The van der Waals surface area contributed by atoms with E-state index in [2.05, 4.69) is 15.3 Å². The number of benzene rings is 1. The second kappa shape index (κ2) is 5.81. The lowest BCUT2D eigenvalue weighted by Crippen LogP contribution is -2.13. The van der Waals surface area contributed by atoms with E-state index in [0.717, 1.165) is 31.2 Å². The molecule has 2 aromatic rings. The summed E-state index contributed by atoms with van der Waals surface area (Å²) in [6.07, 6.45) is 3.91. The number of fused-ring (bicyclic) bond motifs is 1. The van der Waals surface area contributed by atoms with Crippen molar-refractivity contribution in [1.29, 1.82) is 0 Å². The molecule has 1 aromatic heterocycles. The minimum atomic E-state index is -0.437. The number of anilines is 1. The molecule has 1 fully saturated rings. The lowest BCUT2D eigenvalue weighted by molar-refractivity contribution is 0.178. The zero-order valence-electron chi connectivity index (χ0n) is 11.8. The van der Waals surface area contributed by atoms with E-state index in [1.54, 1.807) is 6.07 Å². The van der Waals surface area contributed by atoms with Crippen LogP contribution in [0, 0.1) is 11.7 Å². The lowest BCUT2D eigenvalue weighted by atomic mass is 10.1. The Kier molecular flexibility index (Phi) is 3.88. The molecule has 0 spiro atoms. The second-order valence-corrected chi connectivity index (χ2v) is 5.44. The van der Waals surface area contributed by atoms with E-state index in [-0.39, 0.29) is 11.9 Å². The fourth-order valence-corrected chi connectivity index (χ4v) is 2.83. The molecule has 0 amide bonds. The van der Waals surface area contributed by atoms with Crippen molar-refractivity contribution in [1.82, 2.24) is 9.97 Å². The van der Waals surface area contributed by atoms with E-state index >= 15 is 0 Å². The number of aliphatic hydroxyl groups is 1. The Bertz CT molecular complexity index is 650. The lowest BCUT2D eigenvalue weighted by Gasteiger charge is -2.13. The van der Waals surface area contributed by atoms with Gasteiger partial charge in [-0.3, -0.25) is 0 Å². The highest BCUT2D eigenvalue weighted by Gasteiger charge is 2.22. The van der Waals surface area contributed by atoms with Crippen LogP contribution in [-0.2, 0) is 0 Å². The molecule has 1 saturated carbocycles. The van der Waals surface area contributed by atoms with Crippen molar-refractivity contribution in [2.45, 2.75) is 25.4 Å². The molecular weight excluding hydrogens is 273 g/mol. The van der Waals surface area contributed by atoms with Crippen LogP contribution in [0.15, 0.2) is 18.5 Å². The van der Waals surface area contributed by atoms with Crippen LogP contribution < -0.4 is 10.1 Å². The zero-order chi connectivity index (χ0) is 14.8. The largest absolute Gasteiger partial charge is 0.494 e. The molecule has 0 aliphatic heterocycles. The average molecular weight is 291 g/mol. The molecule has 2 atom stereocenters. The molecular formula is C15H18FN3O2. The number of nitrogens with one attached hydrogen (secondary N) is 1.